The number of nitrogens with zero attached hydrogens (tertiary/aromatic N) is 3. The van der Waals surface area contributed by atoms with Gasteiger partial charge >= 0.3 is 0 Å². The first-order chi connectivity index (χ1) is 14.5. The number of carbonyl (C=O) groups is 2. The molecule has 1 N–H and O–H groups in total. The third kappa shape index (κ3) is 6.92. The normalized spacial score (nSPS) is 11.6. The number of rotatable bonds is 9. The van der Waals surface area contributed by atoms with E-state index in [1.807, 2.05) is 51.1 Å². The van der Waals surface area contributed by atoms with Crippen LogP contribution in [0.5, 0.6) is 0 Å². The van der Waals surface area contributed by atoms with Crippen molar-refractivity contribution in [2.45, 2.75) is 53.4 Å². The summed E-state index contributed by atoms with van der Waals surface area (Å²) in [6.07, 6.45) is 0.678. The lowest BCUT2D eigenvalue weighted by Gasteiger charge is -2.24. The van der Waals surface area contributed by atoms with Crippen molar-refractivity contribution in [2.24, 2.45) is 5.92 Å². The number of ether oxygens (including phenoxy) is 1. The molecule has 0 aliphatic heterocycles. The Balaban J connectivity index is 2.26. The molecule has 0 radical (unpaired) electrons. The summed E-state index contributed by atoms with van der Waals surface area (Å²) in [5.41, 5.74) is 2.72. The Morgan fingerprint density at radius 1 is 1.19 bits per heavy atom. The first-order valence-electron chi connectivity index (χ1n) is 10.8. The lowest BCUT2D eigenvalue weighted by Crippen LogP contribution is -2.41. The van der Waals surface area contributed by atoms with Crippen LogP contribution >= 0.6 is 0 Å². The molecule has 0 aliphatic carbocycles. The summed E-state index contributed by atoms with van der Waals surface area (Å²) >= 11 is 0. The highest BCUT2D eigenvalue weighted by Gasteiger charge is 2.23. The van der Waals surface area contributed by atoms with E-state index in [-0.39, 0.29) is 29.7 Å². The Bertz CT molecular complexity index is 879. The predicted octanol–water partition coefficient (Wildman–Crippen LogP) is 3.94. The second-order valence-electron chi connectivity index (χ2n) is 9.22. The van der Waals surface area contributed by atoms with Gasteiger partial charge in [0.15, 0.2) is 0 Å². The number of benzene rings is 1. The maximum atomic E-state index is 12.9. The van der Waals surface area contributed by atoms with E-state index in [4.69, 9.17) is 9.84 Å². The highest BCUT2D eigenvalue weighted by atomic mass is 16.5. The van der Waals surface area contributed by atoms with Gasteiger partial charge in [-0.2, -0.15) is 5.10 Å². The number of amides is 2. The third-order valence-corrected chi connectivity index (χ3v) is 4.94. The number of aryl methyl sites for hydroxylation is 1. The van der Waals surface area contributed by atoms with Gasteiger partial charge in [-0.15, -0.1) is 0 Å². The molecule has 7 nitrogen and oxygen atoms in total. The van der Waals surface area contributed by atoms with E-state index in [9.17, 15) is 9.59 Å². The minimum atomic E-state index is -0.250. The Morgan fingerprint density at radius 3 is 2.39 bits per heavy atom. The SMILES string of the molecule is COCCCN(CC(=O)Nc1cc(C(C)(C)C)nn1-c1ccc(C)cc1)C(=O)C(C)C. The highest BCUT2D eigenvalue weighted by Crippen LogP contribution is 2.26. The molecule has 0 saturated carbocycles. The zero-order valence-electron chi connectivity index (χ0n) is 19.9. The average Bonchev–Trinajstić information content (AvgIpc) is 3.11. The molecule has 31 heavy (non-hydrogen) atoms. The second kappa shape index (κ2) is 10.6. The molecule has 1 aromatic carbocycles. The van der Waals surface area contributed by atoms with Crippen LogP contribution in [0.25, 0.3) is 5.69 Å². The maximum absolute atomic E-state index is 12.9. The summed E-state index contributed by atoms with van der Waals surface area (Å²) in [4.78, 5) is 27.1. The van der Waals surface area contributed by atoms with E-state index in [1.165, 1.54) is 0 Å². The Morgan fingerprint density at radius 2 is 1.84 bits per heavy atom. The maximum Gasteiger partial charge on any atom is 0.245 e. The zero-order chi connectivity index (χ0) is 23.2. The van der Waals surface area contributed by atoms with Gasteiger partial charge in [0.05, 0.1) is 17.9 Å². The van der Waals surface area contributed by atoms with Crippen LogP contribution in [0.1, 0.15) is 52.3 Å². The number of hydrogen-bond acceptors (Lipinski definition) is 4. The molecule has 170 valence electrons. The number of hydrogen-bond donors (Lipinski definition) is 1. The monoisotopic (exact) mass is 428 g/mol. The third-order valence-electron chi connectivity index (χ3n) is 4.94. The fraction of sp³-hybridized carbons (Fsp3) is 0.542. The Hall–Kier alpha value is -2.67. The van der Waals surface area contributed by atoms with Gasteiger partial charge < -0.3 is 15.0 Å². The number of methoxy groups -OCH3 is 1. The molecule has 0 aliphatic rings. The summed E-state index contributed by atoms with van der Waals surface area (Å²) in [7, 11) is 1.63. The fourth-order valence-electron chi connectivity index (χ4n) is 3.11. The van der Waals surface area contributed by atoms with Gasteiger partial charge in [0.2, 0.25) is 11.8 Å². The van der Waals surface area contributed by atoms with Crippen molar-refractivity contribution in [1.82, 2.24) is 14.7 Å². The van der Waals surface area contributed by atoms with Crippen molar-refractivity contribution in [1.29, 1.82) is 0 Å². The molecule has 0 atom stereocenters. The lowest BCUT2D eigenvalue weighted by atomic mass is 9.92. The van der Waals surface area contributed by atoms with Crippen LogP contribution in [-0.2, 0) is 19.7 Å². The quantitative estimate of drug-likeness (QED) is 0.614. The van der Waals surface area contributed by atoms with Crippen molar-refractivity contribution in [2.75, 3.05) is 32.1 Å². The smallest absolute Gasteiger partial charge is 0.245 e. The van der Waals surface area contributed by atoms with E-state index < -0.39 is 0 Å². The van der Waals surface area contributed by atoms with Crippen molar-refractivity contribution in [3.05, 3.63) is 41.6 Å². The van der Waals surface area contributed by atoms with E-state index >= 15 is 0 Å². The van der Waals surface area contributed by atoms with Crippen LogP contribution in [0.15, 0.2) is 30.3 Å². The molecule has 0 saturated heterocycles. The number of nitrogens with one attached hydrogen (secondary N) is 1. The molecular formula is C24H36N4O3. The molecular weight excluding hydrogens is 392 g/mol. The molecule has 2 amide bonds. The van der Waals surface area contributed by atoms with Crippen LogP contribution in [-0.4, -0.2) is 53.3 Å². The summed E-state index contributed by atoms with van der Waals surface area (Å²) in [6, 6.07) is 9.88. The highest BCUT2D eigenvalue weighted by molar-refractivity contribution is 5.94. The first kappa shape index (κ1) is 24.6. The van der Waals surface area contributed by atoms with Gasteiger partial charge in [0, 0.05) is 37.7 Å². The largest absolute Gasteiger partial charge is 0.385 e. The van der Waals surface area contributed by atoms with Gasteiger partial charge in [0.1, 0.15) is 5.82 Å². The minimum Gasteiger partial charge on any atom is -0.385 e. The zero-order valence-corrected chi connectivity index (χ0v) is 19.9. The van der Waals surface area contributed by atoms with Crippen LogP contribution in [0.3, 0.4) is 0 Å². The van der Waals surface area contributed by atoms with Crippen molar-refractivity contribution >= 4 is 17.6 Å². The van der Waals surface area contributed by atoms with Gasteiger partial charge in [-0.05, 0) is 25.5 Å². The Labute approximate surface area is 185 Å². The number of aromatic nitrogens is 2. The van der Waals surface area contributed by atoms with Crippen LogP contribution in [0.4, 0.5) is 5.82 Å². The van der Waals surface area contributed by atoms with Crippen molar-refractivity contribution < 1.29 is 14.3 Å². The molecule has 1 aromatic heterocycles. The summed E-state index contributed by atoms with van der Waals surface area (Å²) in [6.45, 7) is 13.0. The first-order valence-corrected chi connectivity index (χ1v) is 10.8. The van der Waals surface area contributed by atoms with Gasteiger partial charge in [-0.1, -0.05) is 52.3 Å². The molecule has 0 bridgehead atoms. The molecule has 2 rings (SSSR count). The fourth-order valence-corrected chi connectivity index (χ4v) is 3.11. The Kier molecular flexibility index (Phi) is 8.39. The van der Waals surface area contributed by atoms with Gasteiger partial charge in [-0.25, -0.2) is 4.68 Å². The molecule has 1 heterocycles. The minimum absolute atomic E-state index is 0.00927. The number of carbonyl (C=O) groups excluding carboxylic acids is 2. The lowest BCUT2D eigenvalue weighted by molar-refractivity contribution is -0.137. The van der Waals surface area contributed by atoms with Gasteiger partial charge in [-0.3, -0.25) is 9.59 Å². The second-order valence-corrected chi connectivity index (χ2v) is 9.22. The van der Waals surface area contributed by atoms with E-state index in [0.717, 1.165) is 16.9 Å². The molecule has 0 fully saturated rings. The van der Waals surface area contributed by atoms with Crippen LogP contribution in [0, 0.1) is 12.8 Å². The topological polar surface area (TPSA) is 76.5 Å². The molecule has 0 spiro atoms. The number of anilines is 1. The van der Waals surface area contributed by atoms with Crippen LogP contribution in [0.2, 0.25) is 0 Å². The molecule has 2 aromatic rings. The van der Waals surface area contributed by atoms with E-state index in [0.29, 0.717) is 25.4 Å². The van der Waals surface area contributed by atoms with Crippen molar-refractivity contribution in [3.8, 4) is 5.69 Å². The van der Waals surface area contributed by atoms with Gasteiger partial charge in [0.25, 0.3) is 0 Å². The predicted molar refractivity (Wildman–Crippen MR) is 124 cm³/mol. The van der Waals surface area contributed by atoms with Crippen LogP contribution < -0.4 is 5.32 Å². The average molecular weight is 429 g/mol. The van der Waals surface area contributed by atoms with E-state index in [2.05, 4.69) is 26.1 Å². The van der Waals surface area contributed by atoms with Crippen molar-refractivity contribution in [3.63, 3.8) is 0 Å². The molecule has 7 heteroatoms. The summed E-state index contributed by atoms with van der Waals surface area (Å²) in [5, 5.41) is 7.71. The molecule has 0 unspecified atom stereocenters. The van der Waals surface area contributed by atoms with E-state index in [1.54, 1.807) is 16.7 Å². The summed E-state index contributed by atoms with van der Waals surface area (Å²) in [5.74, 6) is 0.113. The standard InChI is InChI=1S/C24H36N4O3/c1-17(2)23(30)27(13-8-14-31-7)16-22(29)25-21-15-20(24(4,5)6)26-28(21)19-11-9-18(3)10-12-19/h9-12,15,17H,8,13-14,16H2,1-7H3,(H,25,29). The summed E-state index contributed by atoms with van der Waals surface area (Å²) < 4.78 is 6.84.